The quantitative estimate of drug-likeness (QED) is 0.461. The summed E-state index contributed by atoms with van der Waals surface area (Å²) in [5.74, 6) is 0. The van der Waals surface area contributed by atoms with E-state index in [1.807, 2.05) is 0 Å². The van der Waals surface area contributed by atoms with Gasteiger partial charge < -0.3 is 4.98 Å². The fourth-order valence-corrected chi connectivity index (χ4v) is 3.38. The molecule has 1 aromatic heterocycles. The van der Waals surface area contributed by atoms with E-state index in [0.717, 1.165) is 11.4 Å². The molecule has 21 heavy (non-hydrogen) atoms. The molecule has 0 spiro atoms. The predicted octanol–water partition coefficient (Wildman–Crippen LogP) is 4.88. The molecule has 0 atom stereocenters. The van der Waals surface area contributed by atoms with Gasteiger partial charge in [0, 0.05) is 16.5 Å². The third-order valence-electron chi connectivity index (χ3n) is 4.27. The third kappa shape index (κ3) is 1.34. The van der Waals surface area contributed by atoms with Gasteiger partial charge in [-0.25, -0.2) is 4.98 Å². The molecule has 1 heterocycles. The van der Waals surface area contributed by atoms with Crippen molar-refractivity contribution in [3.63, 3.8) is 0 Å². The van der Waals surface area contributed by atoms with Gasteiger partial charge in [0.15, 0.2) is 0 Å². The fourth-order valence-electron chi connectivity index (χ4n) is 3.38. The van der Waals surface area contributed by atoms with Crippen molar-refractivity contribution >= 4 is 10.8 Å². The maximum Gasteiger partial charge on any atom is 0.0967 e. The Balaban J connectivity index is 1.97. The molecule has 4 aromatic rings. The van der Waals surface area contributed by atoms with Crippen LogP contribution in [0.4, 0.5) is 0 Å². The van der Waals surface area contributed by atoms with Crippen LogP contribution in [-0.4, -0.2) is 9.97 Å². The van der Waals surface area contributed by atoms with Gasteiger partial charge in [-0.05, 0) is 16.5 Å². The topological polar surface area (TPSA) is 28.7 Å². The van der Waals surface area contributed by atoms with Crippen molar-refractivity contribution in [2.75, 3.05) is 0 Å². The largest absolute Gasteiger partial charge is 0.344 e. The van der Waals surface area contributed by atoms with Crippen molar-refractivity contribution in [3.05, 3.63) is 67.0 Å². The van der Waals surface area contributed by atoms with Crippen LogP contribution in [-0.2, 0) is 0 Å². The second kappa shape index (κ2) is 3.83. The summed E-state index contributed by atoms with van der Waals surface area (Å²) in [5, 5.41) is 2.58. The minimum absolute atomic E-state index is 1.07. The van der Waals surface area contributed by atoms with Gasteiger partial charge in [-0.2, -0.15) is 0 Å². The number of H-pyrrole nitrogens is 1. The Morgan fingerprint density at radius 1 is 0.762 bits per heavy atom. The summed E-state index contributed by atoms with van der Waals surface area (Å²) < 4.78 is 0. The minimum atomic E-state index is 1.07. The number of rotatable bonds is 1. The molecule has 5 rings (SSSR count). The third-order valence-corrected chi connectivity index (χ3v) is 4.27. The number of imidazole rings is 1. The van der Waals surface area contributed by atoms with Crippen LogP contribution in [0.2, 0.25) is 0 Å². The second-order valence-corrected chi connectivity index (χ2v) is 5.38. The van der Waals surface area contributed by atoms with Gasteiger partial charge >= 0.3 is 0 Å². The minimum Gasteiger partial charge on any atom is -0.344 e. The van der Waals surface area contributed by atoms with E-state index in [1.165, 1.54) is 33.0 Å². The van der Waals surface area contributed by atoms with E-state index < -0.39 is 0 Å². The zero-order valence-corrected chi connectivity index (χ0v) is 11.3. The Hall–Kier alpha value is -2.87. The zero-order chi connectivity index (χ0) is 13.8. The monoisotopic (exact) mass is 268 g/mol. The second-order valence-electron chi connectivity index (χ2n) is 5.38. The Labute approximate surface area is 122 Å². The molecule has 0 aliphatic heterocycles. The highest BCUT2D eigenvalue weighted by atomic mass is 14.9. The molecule has 3 aromatic carbocycles. The molecule has 0 unspecified atom stereocenters. The molecule has 0 bridgehead atoms. The van der Waals surface area contributed by atoms with Crippen molar-refractivity contribution < 1.29 is 0 Å². The van der Waals surface area contributed by atoms with Gasteiger partial charge in [-0.1, -0.05) is 60.7 Å². The molecule has 1 aliphatic carbocycles. The van der Waals surface area contributed by atoms with E-state index in [2.05, 4.69) is 70.6 Å². The van der Waals surface area contributed by atoms with Crippen LogP contribution < -0.4 is 0 Å². The highest BCUT2D eigenvalue weighted by Gasteiger charge is 2.26. The summed E-state index contributed by atoms with van der Waals surface area (Å²) in [6.07, 6.45) is 1.79. The molecule has 0 amide bonds. The number of fused-ring (bicyclic) bond motifs is 3. The fraction of sp³-hybridized carbons (Fsp3) is 0. The Morgan fingerprint density at radius 2 is 1.67 bits per heavy atom. The molecule has 1 N–H and O–H groups in total. The number of aromatic nitrogens is 2. The average Bonchev–Trinajstić information content (AvgIpc) is 3.13. The zero-order valence-electron chi connectivity index (χ0n) is 11.3. The molecule has 0 saturated carbocycles. The summed E-state index contributed by atoms with van der Waals surface area (Å²) in [4.78, 5) is 7.84. The van der Waals surface area contributed by atoms with Gasteiger partial charge in [0.1, 0.15) is 0 Å². The molecular formula is C19H12N2. The Morgan fingerprint density at radius 3 is 2.57 bits per heavy atom. The maximum absolute atomic E-state index is 4.52. The van der Waals surface area contributed by atoms with Gasteiger partial charge in [-0.3, -0.25) is 0 Å². The van der Waals surface area contributed by atoms with Gasteiger partial charge in [-0.15, -0.1) is 0 Å². The number of hydrogen-bond donors (Lipinski definition) is 1. The molecular weight excluding hydrogens is 256 g/mol. The SMILES string of the molecule is c1ccc(-c2ccc3cccc4c3c2-c2[nH]cnc2-4)cc1. The van der Waals surface area contributed by atoms with Gasteiger partial charge in [0.05, 0.1) is 17.7 Å². The summed E-state index contributed by atoms with van der Waals surface area (Å²) >= 11 is 0. The van der Waals surface area contributed by atoms with Crippen molar-refractivity contribution in [1.29, 1.82) is 0 Å². The van der Waals surface area contributed by atoms with Crippen LogP contribution in [0.5, 0.6) is 0 Å². The smallest absolute Gasteiger partial charge is 0.0967 e. The van der Waals surface area contributed by atoms with Crippen molar-refractivity contribution in [2.45, 2.75) is 0 Å². The van der Waals surface area contributed by atoms with Gasteiger partial charge in [0.25, 0.3) is 0 Å². The molecule has 98 valence electrons. The summed E-state index contributed by atoms with van der Waals surface area (Å²) in [6.45, 7) is 0. The van der Waals surface area contributed by atoms with E-state index in [1.54, 1.807) is 6.33 Å². The molecule has 2 heteroatoms. The van der Waals surface area contributed by atoms with Crippen LogP contribution in [0.1, 0.15) is 0 Å². The van der Waals surface area contributed by atoms with E-state index in [0.29, 0.717) is 0 Å². The van der Waals surface area contributed by atoms with E-state index >= 15 is 0 Å². The number of nitrogens with one attached hydrogen (secondary N) is 1. The van der Waals surface area contributed by atoms with Crippen LogP contribution in [0.15, 0.2) is 67.0 Å². The lowest BCUT2D eigenvalue weighted by molar-refractivity contribution is 1.31. The van der Waals surface area contributed by atoms with E-state index in [-0.39, 0.29) is 0 Å². The highest BCUT2D eigenvalue weighted by Crippen LogP contribution is 2.49. The van der Waals surface area contributed by atoms with Crippen molar-refractivity contribution in [3.8, 4) is 33.6 Å². The number of aromatic amines is 1. The first-order valence-electron chi connectivity index (χ1n) is 7.09. The molecule has 1 aliphatic rings. The Bertz CT molecular complexity index is 981. The number of nitrogens with zero attached hydrogens (tertiary/aromatic N) is 1. The highest BCUT2D eigenvalue weighted by molar-refractivity contribution is 6.17. The standard InChI is InChI=1S/C19H12N2/c1-2-5-12(6-3-1)14-10-9-13-7-4-8-15-16(13)17(14)19-18(15)20-11-21-19/h1-11H,(H,20,21). The lowest BCUT2D eigenvalue weighted by atomic mass is 9.94. The van der Waals surface area contributed by atoms with Gasteiger partial charge in [0.2, 0.25) is 0 Å². The van der Waals surface area contributed by atoms with E-state index in [9.17, 15) is 0 Å². The Kier molecular flexibility index (Phi) is 1.98. The maximum atomic E-state index is 4.52. The lowest BCUT2D eigenvalue weighted by Crippen LogP contribution is -1.85. The molecule has 2 nitrogen and oxygen atoms in total. The summed E-state index contributed by atoms with van der Waals surface area (Å²) in [5.41, 5.74) is 7.23. The normalized spacial score (nSPS) is 11.8. The lowest BCUT2D eigenvalue weighted by Gasteiger charge is -2.09. The first kappa shape index (κ1) is 10.9. The number of benzene rings is 3. The molecule has 0 saturated heterocycles. The van der Waals surface area contributed by atoms with Crippen molar-refractivity contribution in [2.24, 2.45) is 0 Å². The van der Waals surface area contributed by atoms with E-state index in [4.69, 9.17) is 0 Å². The summed E-state index contributed by atoms with van der Waals surface area (Å²) in [7, 11) is 0. The predicted molar refractivity (Wildman–Crippen MR) is 86.0 cm³/mol. The molecule has 0 fully saturated rings. The molecule has 0 radical (unpaired) electrons. The van der Waals surface area contributed by atoms with Crippen molar-refractivity contribution in [1.82, 2.24) is 9.97 Å². The van der Waals surface area contributed by atoms with Crippen LogP contribution in [0.3, 0.4) is 0 Å². The first-order chi connectivity index (χ1) is 10.4. The summed E-state index contributed by atoms with van der Waals surface area (Å²) in [6, 6.07) is 21.4. The average molecular weight is 268 g/mol. The number of hydrogen-bond acceptors (Lipinski definition) is 1. The first-order valence-corrected chi connectivity index (χ1v) is 7.09. The van der Waals surface area contributed by atoms with Crippen LogP contribution >= 0.6 is 0 Å². The van der Waals surface area contributed by atoms with Crippen LogP contribution in [0.25, 0.3) is 44.4 Å². The van der Waals surface area contributed by atoms with Crippen LogP contribution in [0, 0.1) is 0 Å².